The number of methoxy groups -OCH3 is 1. The first-order valence-electron chi connectivity index (χ1n) is 6.81. The van der Waals surface area contributed by atoms with E-state index in [2.05, 4.69) is 9.72 Å². The Bertz CT molecular complexity index is 1030. The number of carbonyl (C=O) groups excluding carboxylic acids is 1. The first-order valence-corrected chi connectivity index (χ1v) is 7.19. The molecule has 1 N–H and O–H groups in total. The second-order valence-electron chi connectivity index (χ2n) is 5.01. The van der Waals surface area contributed by atoms with E-state index >= 15 is 0 Å². The third-order valence-corrected chi connectivity index (χ3v) is 3.79. The molecule has 3 aromatic rings. The van der Waals surface area contributed by atoms with Crippen LogP contribution in [-0.4, -0.2) is 18.1 Å². The first-order chi connectivity index (χ1) is 11.4. The number of H-pyrrole nitrogens is 1. The predicted molar refractivity (Wildman–Crippen MR) is 86.3 cm³/mol. The predicted octanol–water partition coefficient (Wildman–Crippen LogP) is 3.91. The number of hydrogen-bond acceptors (Lipinski definition) is 3. The van der Waals surface area contributed by atoms with E-state index in [4.69, 9.17) is 11.6 Å². The van der Waals surface area contributed by atoms with Crippen LogP contribution in [0.5, 0.6) is 0 Å². The molecule has 0 atom stereocenters. The zero-order valence-electron chi connectivity index (χ0n) is 12.3. The van der Waals surface area contributed by atoms with Gasteiger partial charge in [-0.25, -0.2) is 13.6 Å². The van der Waals surface area contributed by atoms with Crippen molar-refractivity contribution < 1.29 is 18.3 Å². The summed E-state index contributed by atoms with van der Waals surface area (Å²) < 4.78 is 32.3. The first kappa shape index (κ1) is 16.1. The Balaban J connectivity index is 2.47. The molecule has 7 heteroatoms. The van der Waals surface area contributed by atoms with Crippen LogP contribution in [0, 0.1) is 11.6 Å². The highest BCUT2D eigenvalue weighted by Gasteiger charge is 2.23. The molecular formula is C17H10ClF2NO3. The number of fused-ring (bicyclic) bond motifs is 1. The van der Waals surface area contributed by atoms with Gasteiger partial charge in [0.25, 0.3) is 0 Å². The normalized spacial score (nSPS) is 10.8. The smallest absolute Gasteiger partial charge is 0.344 e. The molecule has 0 spiro atoms. The molecule has 0 fully saturated rings. The number of esters is 1. The molecule has 0 aliphatic heterocycles. The lowest BCUT2D eigenvalue weighted by Crippen LogP contribution is -2.20. The Hall–Kier alpha value is -2.73. The van der Waals surface area contributed by atoms with Gasteiger partial charge in [0, 0.05) is 16.0 Å². The lowest BCUT2D eigenvalue weighted by molar-refractivity contribution is 0.0600. The highest BCUT2D eigenvalue weighted by atomic mass is 35.5. The van der Waals surface area contributed by atoms with Crippen molar-refractivity contribution in [3.8, 4) is 11.3 Å². The molecule has 0 aliphatic carbocycles. The van der Waals surface area contributed by atoms with Crippen molar-refractivity contribution in [1.82, 2.24) is 4.98 Å². The lowest BCUT2D eigenvalue weighted by atomic mass is 10.0. The number of aromatic nitrogens is 1. The van der Waals surface area contributed by atoms with Crippen LogP contribution in [0.1, 0.15) is 10.4 Å². The molecule has 3 rings (SSSR count). The molecule has 0 bridgehead atoms. The molecular weight excluding hydrogens is 340 g/mol. The molecule has 0 aliphatic rings. The number of halogens is 3. The zero-order valence-corrected chi connectivity index (χ0v) is 13.1. The van der Waals surface area contributed by atoms with E-state index in [0.29, 0.717) is 10.5 Å². The summed E-state index contributed by atoms with van der Waals surface area (Å²) in [6.07, 6.45) is 0. The molecule has 122 valence electrons. The molecule has 24 heavy (non-hydrogen) atoms. The maximum absolute atomic E-state index is 14.1. The summed E-state index contributed by atoms with van der Waals surface area (Å²) in [6.45, 7) is 0. The molecule has 4 nitrogen and oxygen atoms in total. The van der Waals surface area contributed by atoms with Gasteiger partial charge in [0.1, 0.15) is 17.2 Å². The third kappa shape index (κ3) is 2.65. The average molecular weight is 350 g/mol. The average Bonchev–Trinajstić information content (AvgIpc) is 2.56. The van der Waals surface area contributed by atoms with Gasteiger partial charge < -0.3 is 9.72 Å². The van der Waals surface area contributed by atoms with E-state index in [9.17, 15) is 18.4 Å². The van der Waals surface area contributed by atoms with Gasteiger partial charge in [0.05, 0.1) is 18.3 Å². The van der Waals surface area contributed by atoms with E-state index in [0.717, 1.165) is 25.3 Å². The van der Waals surface area contributed by atoms with Gasteiger partial charge >= 0.3 is 5.97 Å². The Labute approximate surface area is 139 Å². The summed E-state index contributed by atoms with van der Waals surface area (Å²) in [6, 6.07) is 7.12. The molecule has 0 amide bonds. The van der Waals surface area contributed by atoms with Gasteiger partial charge in [-0.2, -0.15) is 0 Å². The van der Waals surface area contributed by atoms with Crippen LogP contribution in [-0.2, 0) is 4.74 Å². The maximum atomic E-state index is 14.1. The van der Waals surface area contributed by atoms with Gasteiger partial charge in [0.2, 0.25) is 5.43 Å². The Morgan fingerprint density at radius 1 is 1.17 bits per heavy atom. The van der Waals surface area contributed by atoms with Crippen molar-refractivity contribution in [3.63, 3.8) is 0 Å². The van der Waals surface area contributed by atoms with E-state index in [1.165, 1.54) is 18.2 Å². The van der Waals surface area contributed by atoms with Crippen molar-refractivity contribution in [3.05, 3.63) is 68.8 Å². The summed E-state index contributed by atoms with van der Waals surface area (Å²) in [5.74, 6) is -2.46. The fourth-order valence-corrected chi connectivity index (χ4v) is 2.62. The molecule has 2 aromatic carbocycles. The van der Waals surface area contributed by atoms with Crippen molar-refractivity contribution in [2.24, 2.45) is 0 Å². The molecule has 0 radical (unpaired) electrons. The Kier molecular flexibility index (Phi) is 4.07. The number of ether oxygens (including phenoxy) is 1. The Morgan fingerprint density at radius 3 is 2.62 bits per heavy atom. The number of aromatic amines is 1. The van der Waals surface area contributed by atoms with Crippen LogP contribution in [0.2, 0.25) is 5.02 Å². The van der Waals surface area contributed by atoms with E-state index in [-0.39, 0.29) is 16.6 Å². The topological polar surface area (TPSA) is 59.2 Å². The van der Waals surface area contributed by atoms with Crippen LogP contribution >= 0.6 is 11.6 Å². The van der Waals surface area contributed by atoms with E-state index in [1.807, 2.05) is 0 Å². The van der Waals surface area contributed by atoms with Crippen molar-refractivity contribution >= 4 is 28.5 Å². The van der Waals surface area contributed by atoms with E-state index in [1.54, 1.807) is 0 Å². The summed E-state index contributed by atoms with van der Waals surface area (Å²) in [5, 5.41) is 0.523. The molecule has 0 unspecified atom stereocenters. The largest absolute Gasteiger partial charge is 0.465 e. The standard InChI is InChI=1S/C17H10ClF2NO3/c1-24-17(23)14-15(11-7-9(19)3-5-12(11)20)21-13-6-8(18)2-4-10(13)16(14)22/h2-7H,1H3,(H,21,22). The summed E-state index contributed by atoms with van der Waals surface area (Å²) in [7, 11) is 1.10. The van der Waals surface area contributed by atoms with Crippen molar-refractivity contribution in [2.75, 3.05) is 7.11 Å². The lowest BCUT2D eigenvalue weighted by Gasteiger charge is -2.11. The number of rotatable bonds is 2. The van der Waals surface area contributed by atoms with Crippen LogP contribution in [0.3, 0.4) is 0 Å². The quantitative estimate of drug-likeness (QED) is 0.713. The van der Waals surface area contributed by atoms with Gasteiger partial charge in [-0.1, -0.05) is 11.6 Å². The number of hydrogen-bond donors (Lipinski definition) is 1. The minimum atomic E-state index is -0.952. The number of pyridine rings is 1. The molecule has 0 saturated carbocycles. The zero-order chi connectivity index (χ0) is 17.4. The Morgan fingerprint density at radius 2 is 1.92 bits per heavy atom. The van der Waals surface area contributed by atoms with Crippen molar-refractivity contribution in [2.45, 2.75) is 0 Å². The minimum Gasteiger partial charge on any atom is -0.465 e. The van der Waals surface area contributed by atoms with Crippen LogP contribution in [0.15, 0.2) is 41.2 Å². The minimum absolute atomic E-state index is 0.168. The number of benzene rings is 2. The third-order valence-electron chi connectivity index (χ3n) is 3.55. The molecule has 0 saturated heterocycles. The summed E-state index contributed by atoms with van der Waals surface area (Å²) in [4.78, 5) is 27.5. The SMILES string of the molecule is COC(=O)c1c(-c2cc(F)ccc2F)[nH]c2cc(Cl)ccc2c1=O. The maximum Gasteiger partial charge on any atom is 0.344 e. The van der Waals surface area contributed by atoms with Gasteiger partial charge in [0.15, 0.2) is 0 Å². The van der Waals surface area contributed by atoms with E-state index < -0.39 is 28.6 Å². The van der Waals surface area contributed by atoms with Gasteiger partial charge in [-0.05, 0) is 36.4 Å². The monoisotopic (exact) mass is 349 g/mol. The second-order valence-corrected chi connectivity index (χ2v) is 5.45. The molecule has 1 aromatic heterocycles. The van der Waals surface area contributed by atoms with Crippen LogP contribution in [0.4, 0.5) is 8.78 Å². The van der Waals surface area contributed by atoms with Gasteiger partial charge in [-0.3, -0.25) is 4.79 Å². The highest BCUT2D eigenvalue weighted by molar-refractivity contribution is 6.31. The summed E-state index contributed by atoms with van der Waals surface area (Å²) >= 11 is 5.91. The van der Waals surface area contributed by atoms with Crippen LogP contribution < -0.4 is 5.43 Å². The highest BCUT2D eigenvalue weighted by Crippen LogP contribution is 2.27. The fraction of sp³-hybridized carbons (Fsp3) is 0.0588. The van der Waals surface area contributed by atoms with Crippen LogP contribution in [0.25, 0.3) is 22.2 Å². The van der Waals surface area contributed by atoms with Gasteiger partial charge in [-0.15, -0.1) is 0 Å². The summed E-state index contributed by atoms with van der Waals surface area (Å²) in [5.41, 5.74) is -1.20. The second kappa shape index (κ2) is 6.05. The fourth-order valence-electron chi connectivity index (χ4n) is 2.45. The molecule has 1 heterocycles. The number of nitrogens with one attached hydrogen (secondary N) is 1. The number of carbonyl (C=O) groups is 1. The van der Waals surface area contributed by atoms with Crippen molar-refractivity contribution in [1.29, 1.82) is 0 Å².